The molecule has 218 valence electrons. The highest BCUT2D eigenvalue weighted by molar-refractivity contribution is 5.89. The Morgan fingerprint density at radius 3 is 2.02 bits per heavy atom. The average molecular weight is 584 g/mol. The zero-order chi connectivity index (χ0) is 30.5. The molecule has 0 saturated carbocycles. The molecule has 3 heterocycles. The minimum absolute atomic E-state index is 0.765. The van der Waals surface area contributed by atoms with E-state index in [1.165, 1.54) is 33.6 Å². The second kappa shape index (κ2) is 10.8. The largest absolute Gasteiger partial charge is 0.355 e. The number of imidazole rings is 1. The Kier molecular flexibility index (Phi) is 6.45. The quantitative estimate of drug-likeness (QED) is 0.202. The van der Waals surface area contributed by atoms with E-state index >= 15 is 0 Å². The van der Waals surface area contributed by atoms with Gasteiger partial charge in [-0.05, 0) is 84.6 Å². The lowest BCUT2D eigenvalue weighted by atomic mass is 9.95. The van der Waals surface area contributed by atoms with E-state index in [1.807, 2.05) is 0 Å². The van der Waals surface area contributed by atoms with Crippen LogP contribution in [0.1, 0.15) is 11.1 Å². The summed E-state index contributed by atoms with van der Waals surface area (Å²) in [7, 11) is 2.12. The number of aryl methyl sites for hydroxylation is 2. The van der Waals surface area contributed by atoms with Crippen molar-refractivity contribution in [3.05, 3.63) is 145 Å². The molecule has 0 aliphatic carbocycles. The van der Waals surface area contributed by atoms with Gasteiger partial charge >= 0.3 is 0 Å². The summed E-state index contributed by atoms with van der Waals surface area (Å²) in [6.45, 7) is 5.15. The molecule has 5 nitrogen and oxygen atoms in total. The van der Waals surface area contributed by atoms with E-state index in [2.05, 4.69) is 169 Å². The molecule has 45 heavy (non-hydrogen) atoms. The van der Waals surface area contributed by atoms with Crippen molar-refractivity contribution in [2.75, 3.05) is 23.5 Å². The fourth-order valence-electron chi connectivity index (χ4n) is 6.66. The first-order valence-electron chi connectivity index (χ1n) is 15.4. The molecule has 5 aromatic carbocycles. The van der Waals surface area contributed by atoms with Crippen LogP contribution in [-0.4, -0.2) is 28.3 Å². The maximum absolute atomic E-state index is 5.26. The second-order valence-corrected chi connectivity index (χ2v) is 11.8. The number of fused-ring (bicyclic) bond motifs is 2. The van der Waals surface area contributed by atoms with E-state index in [-0.39, 0.29) is 0 Å². The molecule has 2 aromatic heterocycles. The fraction of sp³-hybridized carbons (Fsp3) is 0.100. The molecular weight excluding hydrogens is 550 g/mol. The van der Waals surface area contributed by atoms with Gasteiger partial charge in [0.05, 0.1) is 34.8 Å². The van der Waals surface area contributed by atoms with Crippen LogP contribution in [0.15, 0.2) is 133 Å². The Bertz CT molecular complexity index is 2160. The number of aromatic nitrogens is 3. The Morgan fingerprint density at radius 1 is 0.578 bits per heavy atom. The lowest BCUT2D eigenvalue weighted by molar-refractivity contribution is 0.934. The molecule has 0 bridgehead atoms. The van der Waals surface area contributed by atoms with Crippen molar-refractivity contribution in [2.24, 2.45) is 0 Å². The predicted molar refractivity (Wildman–Crippen MR) is 186 cm³/mol. The summed E-state index contributed by atoms with van der Waals surface area (Å²) in [6.07, 6.45) is 0. The monoisotopic (exact) mass is 583 g/mol. The lowest BCUT2D eigenvalue weighted by Gasteiger charge is -2.19. The van der Waals surface area contributed by atoms with E-state index in [4.69, 9.17) is 9.97 Å². The van der Waals surface area contributed by atoms with Crippen molar-refractivity contribution in [3.8, 4) is 39.5 Å². The standard InChI is InChI=1S/C40H33N5/c1-27-23-31(29-13-6-4-7-14-29)24-28(2)39(27)40-42-34-22-21-30(25-37(34)45(40)32-15-8-5-9-16-32)33-17-12-20-38(41-33)44-26-43(3)35-18-10-11-19-36(35)44/h4-25H,26H2,1-3H3. The van der Waals surface area contributed by atoms with E-state index < -0.39 is 0 Å². The van der Waals surface area contributed by atoms with Gasteiger partial charge in [0.2, 0.25) is 0 Å². The number of rotatable bonds is 5. The molecule has 7 aromatic rings. The van der Waals surface area contributed by atoms with Gasteiger partial charge in [0, 0.05) is 23.9 Å². The summed E-state index contributed by atoms with van der Waals surface area (Å²) in [5, 5.41) is 0. The molecule has 8 rings (SSSR count). The van der Waals surface area contributed by atoms with Crippen molar-refractivity contribution in [2.45, 2.75) is 13.8 Å². The van der Waals surface area contributed by atoms with Gasteiger partial charge in [-0.2, -0.15) is 0 Å². The molecule has 1 aliphatic heterocycles. The number of hydrogen-bond donors (Lipinski definition) is 0. The number of pyridine rings is 1. The summed E-state index contributed by atoms with van der Waals surface area (Å²) < 4.78 is 2.30. The first-order valence-corrected chi connectivity index (χ1v) is 15.4. The van der Waals surface area contributed by atoms with Gasteiger partial charge in [0.25, 0.3) is 0 Å². The maximum atomic E-state index is 5.26. The molecular formula is C40H33N5. The highest BCUT2D eigenvalue weighted by Crippen LogP contribution is 2.40. The zero-order valence-corrected chi connectivity index (χ0v) is 25.6. The molecule has 0 saturated heterocycles. The van der Waals surface area contributed by atoms with Crippen LogP contribution in [0.5, 0.6) is 0 Å². The second-order valence-electron chi connectivity index (χ2n) is 11.8. The average Bonchev–Trinajstić information content (AvgIpc) is 3.62. The van der Waals surface area contributed by atoms with E-state index in [1.54, 1.807) is 0 Å². The molecule has 0 fully saturated rings. The van der Waals surface area contributed by atoms with Crippen LogP contribution < -0.4 is 9.80 Å². The SMILES string of the molecule is Cc1cc(-c2ccccc2)cc(C)c1-c1nc2ccc(-c3cccc(N4CN(C)c5ccccc54)n3)cc2n1-c1ccccc1. The molecule has 0 N–H and O–H groups in total. The molecule has 0 unspecified atom stereocenters. The highest BCUT2D eigenvalue weighted by Gasteiger charge is 2.25. The molecule has 0 atom stereocenters. The Morgan fingerprint density at radius 2 is 1.27 bits per heavy atom. The van der Waals surface area contributed by atoms with Crippen molar-refractivity contribution < 1.29 is 0 Å². The summed E-state index contributed by atoms with van der Waals surface area (Å²) >= 11 is 0. The fourth-order valence-corrected chi connectivity index (χ4v) is 6.66. The van der Waals surface area contributed by atoms with Gasteiger partial charge in [-0.3, -0.25) is 4.57 Å². The third-order valence-electron chi connectivity index (χ3n) is 8.78. The van der Waals surface area contributed by atoms with Gasteiger partial charge in [-0.1, -0.05) is 84.9 Å². The minimum Gasteiger partial charge on any atom is -0.355 e. The Hall–Kier alpha value is -5.68. The summed E-state index contributed by atoms with van der Waals surface area (Å²) in [6, 6.07) is 47.0. The molecule has 0 amide bonds. The number of hydrogen-bond acceptors (Lipinski definition) is 4. The van der Waals surface area contributed by atoms with Gasteiger partial charge in [-0.15, -0.1) is 0 Å². The molecule has 0 radical (unpaired) electrons. The lowest BCUT2D eigenvalue weighted by Crippen LogP contribution is -2.24. The van der Waals surface area contributed by atoms with Crippen LogP contribution in [0.3, 0.4) is 0 Å². The third-order valence-corrected chi connectivity index (χ3v) is 8.78. The molecule has 0 spiro atoms. The number of para-hydroxylation sites is 3. The van der Waals surface area contributed by atoms with Gasteiger partial charge in [0.1, 0.15) is 11.6 Å². The third kappa shape index (κ3) is 4.64. The van der Waals surface area contributed by atoms with Gasteiger partial charge in [0.15, 0.2) is 0 Å². The smallest absolute Gasteiger partial charge is 0.146 e. The van der Waals surface area contributed by atoms with Crippen LogP contribution in [0.4, 0.5) is 17.2 Å². The first kappa shape index (κ1) is 26.9. The normalized spacial score (nSPS) is 12.6. The summed E-state index contributed by atoms with van der Waals surface area (Å²) in [5.74, 6) is 1.88. The van der Waals surface area contributed by atoms with Crippen LogP contribution in [0.25, 0.3) is 50.5 Å². The highest BCUT2D eigenvalue weighted by atomic mass is 15.4. The van der Waals surface area contributed by atoms with Crippen LogP contribution in [0, 0.1) is 13.8 Å². The van der Waals surface area contributed by atoms with Crippen LogP contribution in [0.2, 0.25) is 0 Å². The van der Waals surface area contributed by atoms with E-state index in [0.717, 1.165) is 51.9 Å². The maximum Gasteiger partial charge on any atom is 0.146 e. The molecule has 1 aliphatic rings. The Labute approximate surface area is 263 Å². The summed E-state index contributed by atoms with van der Waals surface area (Å²) in [5.41, 5.74) is 13.5. The predicted octanol–water partition coefficient (Wildman–Crippen LogP) is 9.58. The summed E-state index contributed by atoms with van der Waals surface area (Å²) in [4.78, 5) is 15.0. The number of anilines is 3. The van der Waals surface area contributed by atoms with Gasteiger partial charge in [-0.25, -0.2) is 9.97 Å². The zero-order valence-electron chi connectivity index (χ0n) is 25.6. The van der Waals surface area contributed by atoms with Crippen LogP contribution in [-0.2, 0) is 0 Å². The van der Waals surface area contributed by atoms with Crippen molar-refractivity contribution >= 4 is 28.2 Å². The van der Waals surface area contributed by atoms with Crippen molar-refractivity contribution in [3.63, 3.8) is 0 Å². The Balaban J connectivity index is 1.26. The van der Waals surface area contributed by atoms with E-state index in [0.29, 0.717) is 0 Å². The topological polar surface area (TPSA) is 37.2 Å². The minimum atomic E-state index is 0.765. The van der Waals surface area contributed by atoms with Crippen molar-refractivity contribution in [1.29, 1.82) is 0 Å². The van der Waals surface area contributed by atoms with E-state index in [9.17, 15) is 0 Å². The number of benzene rings is 5. The molecule has 5 heteroatoms. The van der Waals surface area contributed by atoms with Crippen LogP contribution >= 0.6 is 0 Å². The van der Waals surface area contributed by atoms with Gasteiger partial charge < -0.3 is 9.80 Å². The first-order chi connectivity index (χ1) is 22.0. The van der Waals surface area contributed by atoms with Crippen molar-refractivity contribution in [1.82, 2.24) is 14.5 Å². The number of nitrogens with zero attached hydrogens (tertiary/aromatic N) is 5.